The lowest BCUT2D eigenvalue weighted by molar-refractivity contribution is 0.102. The first-order chi connectivity index (χ1) is 9.61. The smallest absolute Gasteiger partial charge is 0.322 e. The molecule has 20 heavy (non-hydrogen) atoms. The number of anilines is 2. The van der Waals surface area contributed by atoms with E-state index in [1.807, 2.05) is 6.92 Å². The highest BCUT2D eigenvalue weighted by Gasteiger charge is 2.17. The molecule has 0 saturated carbocycles. The molecule has 0 bridgehead atoms. The molecule has 2 heterocycles. The molecule has 7 nitrogen and oxygen atoms in total. The molecule has 1 amide bonds. The second-order valence-corrected chi connectivity index (χ2v) is 4.03. The van der Waals surface area contributed by atoms with Gasteiger partial charge in [-0.1, -0.05) is 12.0 Å². The maximum absolute atomic E-state index is 14.1. The van der Waals surface area contributed by atoms with Crippen LogP contribution in [0.3, 0.4) is 0 Å². The minimum atomic E-state index is -0.713. The summed E-state index contributed by atoms with van der Waals surface area (Å²) < 4.78 is 19.1. The number of nitrogens with one attached hydrogen (secondary N) is 2. The molecule has 0 atom stereocenters. The van der Waals surface area contributed by atoms with Gasteiger partial charge in [0.1, 0.15) is 0 Å². The molecule has 2 aromatic rings. The monoisotopic (exact) mass is 279 g/mol. The number of halogens is 1. The molecule has 0 aromatic carbocycles. The molecular formula is C12H14FN5O2. The molecule has 2 rings (SSSR count). The number of aromatic nitrogens is 3. The van der Waals surface area contributed by atoms with E-state index in [1.165, 1.54) is 12.3 Å². The zero-order valence-corrected chi connectivity index (χ0v) is 11.1. The number of carbonyl (C=O) groups excluding carboxylic acids is 1. The van der Waals surface area contributed by atoms with Crippen molar-refractivity contribution in [3.63, 3.8) is 0 Å². The van der Waals surface area contributed by atoms with Gasteiger partial charge in [0.15, 0.2) is 11.6 Å². The molecule has 2 N–H and O–H groups in total. The highest BCUT2D eigenvalue weighted by atomic mass is 19.1. The maximum atomic E-state index is 14.1. The van der Waals surface area contributed by atoms with Gasteiger partial charge in [0.25, 0.3) is 5.91 Å². The van der Waals surface area contributed by atoms with Gasteiger partial charge in [-0.05, 0) is 12.5 Å². The van der Waals surface area contributed by atoms with E-state index in [0.717, 1.165) is 6.42 Å². The molecule has 0 fully saturated rings. The van der Waals surface area contributed by atoms with Crippen molar-refractivity contribution < 1.29 is 13.6 Å². The fourth-order valence-corrected chi connectivity index (χ4v) is 1.50. The van der Waals surface area contributed by atoms with E-state index < -0.39 is 11.7 Å². The SMILES string of the molecule is CCCNc1nccc(C(=O)Nc2nnc(C)o2)c1F. The van der Waals surface area contributed by atoms with Crippen molar-refractivity contribution in [3.05, 3.63) is 29.5 Å². The van der Waals surface area contributed by atoms with Crippen LogP contribution in [-0.4, -0.2) is 27.6 Å². The lowest BCUT2D eigenvalue weighted by Crippen LogP contribution is -2.16. The van der Waals surface area contributed by atoms with Crippen LogP contribution in [-0.2, 0) is 0 Å². The largest absolute Gasteiger partial charge is 0.408 e. The molecule has 0 aliphatic heterocycles. The quantitative estimate of drug-likeness (QED) is 0.869. The number of amides is 1. The van der Waals surface area contributed by atoms with Crippen molar-refractivity contribution in [2.45, 2.75) is 20.3 Å². The van der Waals surface area contributed by atoms with E-state index >= 15 is 0 Å². The molecule has 0 saturated heterocycles. The maximum Gasteiger partial charge on any atom is 0.322 e. The number of carbonyl (C=O) groups is 1. The minimum absolute atomic E-state index is 0.0428. The summed E-state index contributed by atoms with van der Waals surface area (Å²) in [6.07, 6.45) is 2.17. The second-order valence-electron chi connectivity index (χ2n) is 4.03. The zero-order chi connectivity index (χ0) is 14.5. The van der Waals surface area contributed by atoms with Crippen LogP contribution in [0, 0.1) is 12.7 Å². The molecule has 106 valence electrons. The van der Waals surface area contributed by atoms with Crippen molar-refractivity contribution in [2.75, 3.05) is 17.2 Å². The van der Waals surface area contributed by atoms with Crippen molar-refractivity contribution >= 4 is 17.7 Å². The van der Waals surface area contributed by atoms with Gasteiger partial charge in [0, 0.05) is 19.7 Å². The van der Waals surface area contributed by atoms with Crippen LogP contribution in [0.15, 0.2) is 16.7 Å². The van der Waals surface area contributed by atoms with Crippen LogP contribution in [0.5, 0.6) is 0 Å². The first-order valence-corrected chi connectivity index (χ1v) is 6.11. The molecule has 0 aliphatic carbocycles. The lowest BCUT2D eigenvalue weighted by Gasteiger charge is -2.08. The number of hydrogen-bond acceptors (Lipinski definition) is 6. The fraction of sp³-hybridized carbons (Fsp3) is 0.333. The van der Waals surface area contributed by atoms with Crippen LogP contribution in [0.1, 0.15) is 29.6 Å². The summed E-state index contributed by atoms with van der Waals surface area (Å²) in [7, 11) is 0. The predicted molar refractivity (Wildman–Crippen MR) is 70.0 cm³/mol. The molecule has 0 radical (unpaired) electrons. The van der Waals surface area contributed by atoms with Gasteiger partial charge in [-0.25, -0.2) is 9.37 Å². The number of rotatable bonds is 5. The summed E-state index contributed by atoms with van der Waals surface area (Å²) in [5, 5.41) is 12.3. The highest BCUT2D eigenvalue weighted by molar-refractivity contribution is 6.03. The Morgan fingerprint density at radius 2 is 2.25 bits per heavy atom. The van der Waals surface area contributed by atoms with Gasteiger partial charge in [-0.2, -0.15) is 0 Å². The molecule has 2 aromatic heterocycles. The van der Waals surface area contributed by atoms with Crippen LogP contribution in [0.4, 0.5) is 16.2 Å². The Kier molecular flexibility index (Phi) is 4.24. The summed E-state index contributed by atoms with van der Waals surface area (Å²) in [6.45, 7) is 4.10. The molecule has 0 unspecified atom stereocenters. The predicted octanol–water partition coefficient (Wildman–Crippen LogP) is 1.99. The van der Waals surface area contributed by atoms with E-state index in [4.69, 9.17) is 4.42 Å². The number of aryl methyl sites for hydroxylation is 1. The Labute approximate surface area is 114 Å². The summed E-state index contributed by atoms with van der Waals surface area (Å²) in [5.74, 6) is -1.04. The summed E-state index contributed by atoms with van der Waals surface area (Å²) >= 11 is 0. The minimum Gasteiger partial charge on any atom is -0.408 e. The third-order valence-corrected chi connectivity index (χ3v) is 2.42. The van der Waals surface area contributed by atoms with Crippen LogP contribution >= 0.6 is 0 Å². The van der Waals surface area contributed by atoms with E-state index in [-0.39, 0.29) is 17.4 Å². The standard InChI is InChI=1S/C12H14FN5O2/c1-3-5-14-10-9(13)8(4-6-15-10)11(19)16-12-18-17-7(2)20-12/h4,6H,3,5H2,1-2H3,(H,14,15)(H,16,18,19). The Bertz CT molecular complexity index is 614. The van der Waals surface area contributed by atoms with E-state index in [9.17, 15) is 9.18 Å². The average Bonchev–Trinajstić information content (AvgIpc) is 2.83. The number of hydrogen-bond donors (Lipinski definition) is 2. The van der Waals surface area contributed by atoms with Gasteiger partial charge < -0.3 is 9.73 Å². The topological polar surface area (TPSA) is 92.9 Å². The molecule has 8 heteroatoms. The van der Waals surface area contributed by atoms with Crippen molar-refractivity contribution in [2.24, 2.45) is 0 Å². The van der Waals surface area contributed by atoms with Crippen molar-refractivity contribution in [1.82, 2.24) is 15.2 Å². The Morgan fingerprint density at radius 1 is 1.45 bits per heavy atom. The van der Waals surface area contributed by atoms with Gasteiger partial charge in [0.2, 0.25) is 5.89 Å². The first kappa shape index (κ1) is 13.9. The van der Waals surface area contributed by atoms with E-state index in [2.05, 4.69) is 25.8 Å². The first-order valence-electron chi connectivity index (χ1n) is 6.11. The van der Waals surface area contributed by atoms with Crippen molar-refractivity contribution in [3.8, 4) is 0 Å². The zero-order valence-electron chi connectivity index (χ0n) is 11.1. The summed E-state index contributed by atoms with van der Waals surface area (Å²) in [6, 6.07) is 1.21. The average molecular weight is 279 g/mol. The van der Waals surface area contributed by atoms with Crippen molar-refractivity contribution in [1.29, 1.82) is 0 Å². The van der Waals surface area contributed by atoms with Crippen LogP contribution < -0.4 is 10.6 Å². The Hall–Kier alpha value is -2.51. The molecular weight excluding hydrogens is 265 g/mol. The molecule has 0 aliphatic rings. The van der Waals surface area contributed by atoms with E-state index in [0.29, 0.717) is 12.4 Å². The Balaban J connectivity index is 2.17. The highest BCUT2D eigenvalue weighted by Crippen LogP contribution is 2.16. The normalized spacial score (nSPS) is 10.3. The number of pyridine rings is 1. The Morgan fingerprint density at radius 3 is 2.90 bits per heavy atom. The van der Waals surface area contributed by atoms with Gasteiger partial charge in [-0.3, -0.25) is 10.1 Å². The van der Waals surface area contributed by atoms with Gasteiger partial charge in [-0.15, -0.1) is 5.10 Å². The summed E-state index contributed by atoms with van der Waals surface area (Å²) in [4.78, 5) is 15.8. The van der Waals surface area contributed by atoms with Crippen LogP contribution in [0.25, 0.3) is 0 Å². The summed E-state index contributed by atoms with van der Waals surface area (Å²) in [5.41, 5.74) is -0.144. The van der Waals surface area contributed by atoms with Crippen LogP contribution in [0.2, 0.25) is 0 Å². The third kappa shape index (κ3) is 3.08. The second kappa shape index (κ2) is 6.09. The number of nitrogens with zero attached hydrogens (tertiary/aromatic N) is 3. The van der Waals surface area contributed by atoms with Gasteiger partial charge >= 0.3 is 6.01 Å². The fourth-order valence-electron chi connectivity index (χ4n) is 1.50. The molecule has 0 spiro atoms. The third-order valence-electron chi connectivity index (χ3n) is 2.42. The van der Waals surface area contributed by atoms with Gasteiger partial charge in [0.05, 0.1) is 5.56 Å². The lowest BCUT2D eigenvalue weighted by atomic mass is 10.2. The van der Waals surface area contributed by atoms with E-state index in [1.54, 1.807) is 6.92 Å².